The van der Waals surface area contributed by atoms with E-state index in [9.17, 15) is 0 Å². The van der Waals surface area contributed by atoms with Crippen LogP contribution in [0.3, 0.4) is 0 Å². The van der Waals surface area contributed by atoms with E-state index in [0.29, 0.717) is 0 Å². The molecule has 0 N–H and O–H groups in total. The summed E-state index contributed by atoms with van der Waals surface area (Å²) in [4.78, 5) is 2.68. The quantitative estimate of drug-likeness (QED) is 0.679. The van der Waals surface area contributed by atoms with Crippen LogP contribution in [0.15, 0.2) is 24.3 Å². The molecular weight excluding hydrogens is 230 g/mol. The fourth-order valence-corrected chi connectivity index (χ4v) is 6.32. The Bertz CT molecular complexity index is 514. The third kappa shape index (κ3) is 1.25. The monoisotopic (exact) mass is 253 g/mol. The molecule has 4 bridgehead atoms. The van der Waals surface area contributed by atoms with Gasteiger partial charge in [0.2, 0.25) is 0 Å². The summed E-state index contributed by atoms with van der Waals surface area (Å²) < 4.78 is 0. The molecule has 1 saturated heterocycles. The highest BCUT2D eigenvalue weighted by Gasteiger charge is 2.57. The Morgan fingerprint density at radius 1 is 0.895 bits per heavy atom. The van der Waals surface area contributed by atoms with Crippen molar-refractivity contribution in [2.24, 2.45) is 23.7 Å². The second-order valence-electron chi connectivity index (χ2n) is 7.45. The van der Waals surface area contributed by atoms with E-state index < -0.39 is 0 Å². The van der Waals surface area contributed by atoms with Gasteiger partial charge in [-0.25, -0.2) is 0 Å². The summed E-state index contributed by atoms with van der Waals surface area (Å²) in [6.45, 7) is 1.31. The normalized spacial score (nSPS) is 47.0. The zero-order valence-corrected chi connectivity index (χ0v) is 11.8. The molecule has 1 heteroatoms. The molecule has 0 spiro atoms. The lowest BCUT2D eigenvalue weighted by Crippen LogP contribution is -2.58. The van der Waals surface area contributed by atoms with Crippen molar-refractivity contribution >= 4 is 0 Å². The first-order valence-electron chi connectivity index (χ1n) is 8.13. The predicted molar refractivity (Wildman–Crippen MR) is 77.0 cm³/mol. The minimum atomic E-state index is 0.735. The molecule has 3 saturated carbocycles. The fourth-order valence-electron chi connectivity index (χ4n) is 6.32. The van der Waals surface area contributed by atoms with Crippen molar-refractivity contribution in [3.63, 3.8) is 0 Å². The van der Waals surface area contributed by atoms with Gasteiger partial charge in [-0.05, 0) is 67.5 Å². The van der Waals surface area contributed by atoms with Crippen LogP contribution in [-0.4, -0.2) is 18.5 Å². The van der Waals surface area contributed by atoms with E-state index in [0.717, 1.165) is 35.6 Å². The van der Waals surface area contributed by atoms with E-state index in [1.165, 1.54) is 32.2 Å². The van der Waals surface area contributed by atoms with Crippen molar-refractivity contribution in [2.45, 2.75) is 37.6 Å². The smallest absolute Gasteiger partial charge is 0.0381 e. The maximum Gasteiger partial charge on any atom is 0.0381 e. The molecule has 4 aliphatic carbocycles. The third-order valence-corrected chi connectivity index (χ3v) is 6.85. The highest BCUT2D eigenvalue weighted by molar-refractivity contribution is 5.41. The first-order valence-corrected chi connectivity index (χ1v) is 8.13. The van der Waals surface area contributed by atoms with E-state index in [2.05, 4.69) is 36.2 Å². The van der Waals surface area contributed by atoms with Crippen LogP contribution in [-0.2, 0) is 0 Å². The number of likely N-dealkylation sites (N-methyl/N-ethyl adjacent to an activating group) is 1. The first kappa shape index (κ1) is 10.9. The SMILES string of the molecule is CN1C[C@@H]2c3ccccc3[C@H]1[C@H]1C3CCC(CC3)[C@H]12. The van der Waals surface area contributed by atoms with Gasteiger partial charge in [0, 0.05) is 18.5 Å². The summed E-state index contributed by atoms with van der Waals surface area (Å²) in [5.41, 5.74) is 3.38. The molecular formula is C18H23N. The maximum absolute atomic E-state index is 2.68. The van der Waals surface area contributed by atoms with E-state index in [1.807, 2.05) is 0 Å². The van der Waals surface area contributed by atoms with E-state index in [4.69, 9.17) is 0 Å². The number of rotatable bonds is 0. The van der Waals surface area contributed by atoms with Crippen molar-refractivity contribution in [1.82, 2.24) is 4.90 Å². The highest BCUT2D eigenvalue weighted by Crippen LogP contribution is 2.64. The molecule has 0 amide bonds. The van der Waals surface area contributed by atoms with Gasteiger partial charge >= 0.3 is 0 Å². The molecule has 1 aromatic carbocycles. The van der Waals surface area contributed by atoms with Gasteiger partial charge in [-0.15, -0.1) is 0 Å². The highest BCUT2D eigenvalue weighted by atomic mass is 15.2. The van der Waals surface area contributed by atoms with Crippen LogP contribution in [0.1, 0.15) is 48.8 Å². The lowest BCUT2D eigenvalue weighted by molar-refractivity contribution is -0.0916. The molecule has 100 valence electrons. The Morgan fingerprint density at radius 3 is 2.26 bits per heavy atom. The second-order valence-corrected chi connectivity index (χ2v) is 7.45. The molecule has 0 unspecified atom stereocenters. The Morgan fingerprint density at radius 2 is 1.53 bits per heavy atom. The lowest BCUT2D eigenvalue weighted by atomic mass is 9.47. The van der Waals surface area contributed by atoms with Crippen molar-refractivity contribution in [3.05, 3.63) is 35.4 Å². The second kappa shape index (κ2) is 3.63. The van der Waals surface area contributed by atoms with E-state index in [-0.39, 0.29) is 0 Å². The molecule has 0 radical (unpaired) electrons. The number of nitrogens with zero attached hydrogens (tertiary/aromatic N) is 1. The molecule has 2 heterocycles. The number of fused-ring (bicyclic) bond motifs is 3. The van der Waals surface area contributed by atoms with Crippen molar-refractivity contribution in [1.29, 1.82) is 0 Å². The molecule has 4 fully saturated rings. The van der Waals surface area contributed by atoms with E-state index >= 15 is 0 Å². The van der Waals surface area contributed by atoms with Crippen LogP contribution in [0.2, 0.25) is 0 Å². The molecule has 19 heavy (non-hydrogen) atoms. The number of hydrogen-bond donors (Lipinski definition) is 0. The lowest BCUT2D eigenvalue weighted by Gasteiger charge is -2.63. The van der Waals surface area contributed by atoms with Gasteiger partial charge in [-0.3, -0.25) is 4.90 Å². The molecule has 7 rings (SSSR count). The number of benzene rings is 1. The average molecular weight is 253 g/mol. The zero-order chi connectivity index (χ0) is 12.6. The minimum Gasteiger partial charge on any atom is -0.298 e. The number of piperidine rings is 1. The van der Waals surface area contributed by atoms with Gasteiger partial charge < -0.3 is 0 Å². The van der Waals surface area contributed by atoms with Crippen LogP contribution in [0.4, 0.5) is 0 Å². The molecule has 1 nitrogen and oxygen atoms in total. The van der Waals surface area contributed by atoms with E-state index in [1.54, 1.807) is 11.1 Å². The summed E-state index contributed by atoms with van der Waals surface area (Å²) >= 11 is 0. The predicted octanol–water partition coefficient (Wildman–Crippen LogP) is 3.82. The summed E-state index contributed by atoms with van der Waals surface area (Å²) in [6, 6.07) is 10.1. The fraction of sp³-hybridized carbons (Fsp3) is 0.667. The third-order valence-electron chi connectivity index (χ3n) is 6.85. The van der Waals surface area contributed by atoms with Crippen LogP contribution in [0, 0.1) is 23.7 Å². The largest absolute Gasteiger partial charge is 0.298 e. The summed E-state index contributed by atoms with van der Waals surface area (Å²) in [5.74, 6) is 4.90. The molecule has 0 aromatic heterocycles. The van der Waals surface area contributed by atoms with Gasteiger partial charge in [-0.2, -0.15) is 0 Å². The molecule has 6 aliphatic rings. The molecule has 4 atom stereocenters. The summed E-state index contributed by atoms with van der Waals surface area (Å²) in [5, 5.41) is 0. The average Bonchev–Trinajstić information content (AvgIpc) is 2.48. The molecule has 1 aromatic rings. The summed E-state index contributed by atoms with van der Waals surface area (Å²) in [7, 11) is 2.37. The Labute approximate surface area is 116 Å². The van der Waals surface area contributed by atoms with Gasteiger partial charge in [0.1, 0.15) is 0 Å². The number of hydrogen-bond acceptors (Lipinski definition) is 1. The van der Waals surface area contributed by atoms with Crippen LogP contribution in [0.5, 0.6) is 0 Å². The maximum atomic E-state index is 2.68. The first-order chi connectivity index (χ1) is 9.34. The Hall–Kier alpha value is -0.820. The summed E-state index contributed by atoms with van der Waals surface area (Å²) in [6.07, 6.45) is 6.10. The minimum absolute atomic E-state index is 0.735. The van der Waals surface area contributed by atoms with Crippen molar-refractivity contribution < 1.29 is 0 Å². The van der Waals surface area contributed by atoms with Crippen LogP contribution >= 0.6 is 0 Å². The topological polar surface area (TPSA) is 3.24 Å². The Kier molecular flexibility index (Phi) is 2.09. The van der Waals surface area contributed by atoms with Crippen LogP contribution in [0.25, 0.3) is 0 Å². The van der Waals surface area contributed by atoms with Crippen molar-refractivity contribution in [2.75, 3.05) is 13.6 Å². The zero-order valence-electron chi connectivity index (χ0n) is 11.8. The Balaban J connectivity index is 1.71. The van der Waals surface area contributed by atoms with Gasteiger partial charge in [0.15, 0.2) is 0 Å². The van der Waals surface area contributed by atoms with Gasteiger partial charge in [0.25, 0.3) is 0 Å². The molecule has 2 aliphatic heterocycles. The van der Waals surface area contributed by atoms with Crippen molar-refractivity contribution in [3.8, 4) is 0 Å². The van der Waals surface area contributed by atoms with Gasteiger partial charge in [0.05, 0.1) is 0 Å². The van der Waals surface area contributed by atoms with Gasteiger partial charge in [-0.1, -0.05) is 24.3 Å². The standard InChI is InChI=1S/C18H23N/c1-19-10-15-13-4-2-3-5-14(13)18(19)17-12-8-6-11(7-9-12)16(15)17/h2-5,11-12,15-18H,6-10H2,1H3/t11?,12?,15-,16+,17+,18+/m1/s1. The van der Waals surface area contributed by atoms with Crippen LogP contribution < -0.4 is 0 Å².